The predicted molar refractivity (Wildman–Crippen MR) is 52.0 cm³/mol. The van der Waals surface area contributed by atoms with Crippen molar-refractivity contribution in [3.8, 4) is 0 Å². The van der Waals surface area contributed by atoms with Gasteiger partial charge in [-0.2, -0.15) is 0 Å². The number of ketones is 1. The molecule has 0 aromatic carbocycles. The van der Waals surface area contributed by atoms with Gasteiger partial charge < -0.3 is 9.64 Å². The molecule has 0 spiro atoms. The van der Waals surface area contributed by atoms with Crippen LogP contribution in [0.15, 0.2) is 0 Å². The number of carbonyl (C=O) groups is 2. The summed E-state index contributed by atoms with van der Waals surface area (Å²) in [6.07, 6.45) is -0.393. The van der Waals surface area contributed by atoms with Crippen LogP contribution in [-0.4, -0.2) is 35.5 Å². The zero-order valence-electron chi connectivity index (χ0n) is 9.16. The van der Waals surface area contributed by atoms with Crippen molar-refractivity contribution < 1.29 is 14.3 Å². The van der Waals surface area contributed by atoms with E-state index in [2.05, 4.69) is 0 Å². The smallest absolute Gasteiger partial charge is 0.410 e. The van der Waals surface area contributed by atoms with Gasteiger partial charge in [0.1, 0.15) is 5.60 Å². The highest BCUT2D eigenvalue weighted by atomic mass is 16.6. The molecule has 14 heavy (non-hydrogen) atoms. The van der Waals surface area contributed by atoms with Gasteiger partial charge in [-0.1, -0.05) is 6.92 Å². The minimum Gasteiger partial charge on any atom is -0.444 e. The molecule has 0 bridgehead atoms. The molecule has 0 radical (unpaired) electrons. The minimum atomic E-state index is -0.494. The lowest BCUT2D eigenvalue weighted by molar-refractivity contribution is -0.119. The molecule has 1 heterocycles. The lowest BCUT2D eigenvalue weighted by Gasteiger charge is -2.23. The second kappa shape index (κ2) is 3.59. The van der Waals surface area contributed by atoms with Crippen LogP contribution in [0.25, 0.3) is 0 Å². The molecule has 0 N–H and O–H groups in total. The van der Waals surface area contributed by atoms with E-state index < -0.39 is 11.7 Å². The molecular formula is C10H17NO3. The lowest BCUT2D eigenvalue weighted by Crippen LogP contribution is -2.35. The summed E-state index contributed by atoms with van der Waals surface area (Å²) in [6, 6.07) is 0. The van der Waals surface area contributed by atoms with Crippen molar-refractivity contribution >= 4 is 11.9 Å². The molecule has 4 nitrogen and oxygen atoms in total. The standard InChI is InChI=1S/C10H17NO3/c1-7-5-11(6-8(7)12)9(13)14-10(2,3)4/h7H,5-6H2,1-4H3/t7-/m1/s1. The van der Waals surface area contributed by atoms with Gasteiger partial charge in [0.25, 0.3) is 0 Å². The van der Waals surface area contributed by atoms with Crippen LogP contribution < -0.4 is 0 Å². The van der Waals surface area contributed by atoms with Crippen molar-refractivity contribution in [2.45, 2.75) is 33.3 Å². The summed E-state index contributed by atoms with van der Waals surface area (Å²) < 4.78 is 5.15. The Kier molecular flexibility index (Phi) is 2.83. The van der Waals surface area contributed by atoms with Crippen LogP contribution in [-0.2, 0) is 9.53 Å². The van der Waals surface area contributed by atoms with Gasteiger partial charge in [0.2, 0.25) is 0 Å². The Hall–Kier alpha value is -1.06. The SMILES string of the molecule is C[C@@H]1CN(C(=O)OC(C)(C)C)CC1=O. The van der Waals surface area contributed by atoms with Crippen LogP contribution in [0.3, 0.4) is 0 Å². The molecular weight excluding hydrogens is 182 g/mol. The average Bonchev–Trinajstić information content (AvgIpc) is 2.28. The van der Waals surface area contributed by atoms with Crippen LogP contribution in [0.4, 0.5) is 4.79 Å². The summed E-state index contributed by atoms with van der Waals surface area (Å²) in [4.78, 5) is 24.2. The van der Waals surface area contributed by atoms with E-state index in [9.17, 15) is 9.59 Å². The summed E-state index contributed by atoms with van der Waals surface area (Å²) in [5.74, 6) is 0.0541. The Morgan fingerprint density at radius 1 is 1.50 bits per heavy atom. The first-order valence-electron chi connectivity index (χ1n) is 4.80. The fourth-order valence-corrected chi connectivity index (χ4v) is 1.31. The maximum absolute atomic E-state index is 11.5. The minimum absolute atomic E-state index is 0.0532. The molecule has 1 fully saturated rings. The maximum atomic E-state index is 11.5. The van der Waals surface area contributed by atoms with Gasteiger partial charge in [0.05, 0.1) is 6.54 Å². The van der Waals surface area contributed by atoms with E-state index in [1.165, 1.54) is 4.90 Å². The quantitative estimate of drug-likeness (QED) is 0.593. The third kappa shape index (κ3) is 2.72. The van der Waals surface area contributed by atoms with E-state index >= 15 is 0 Å². The van der Waals surface area contributed by atoms with Crippen LogP contribution in [0.1, 0.15) is 27.7 Å². The second-order valence-electron chi connectivity index (χ2n) is 4.73. The van der Waals surface area contributed by atoms with E-state index in [0.717, 1.165) is 0 Å². The molecule has 0 saturated carbocycles. The lowest BCUT2D eigenvalue weighted by atomic mass is 10.1. The molecule has 0 unspecified atom stereocenters. The van der Waals surface area contributed by atoms with Crippen LogP contribution in [0, 0.1) is 5.92 Å². The topological polar surface area (TPSA) is 46.6 Å². The van der Waals surface area contributed by atoms with E-state index in [1.54, 1.807) is 0 Å². The molecule has 1 saturated heterocycles. The summed E-state index contributed by atoms with van der Waals surface area (Å²) in [7, 11) is 0. The van der Waals surface area contributed by atoms with Gasteiger partial charge in [-0.3, -0.25) is 4.79 Å². The van der Waals surface area contributed by atoms with Gasteiger partial charge in [-0.15, -0.1) is 0 Å². The van der Waals surface area contributed by atoms with Crippen LogP contribution >= 0.6 is 0 Å². The Morgan fingerprint density at radius 2 is 2.07 bits per heavy atom. The predicted octanol–water partition coefficient (Wildman–Crippen LogP) is 1.44. The Bertz CT molecular complexity index is 255. The largest absolute Gasteiger partial charge is 0.444 e. The molecule has 0 aliphatic carbocycles. The Morgan fingerprint density at radius 3 is 2.43 bits per heavy atom. The number of nitrogens with zero attached hydrogens (tertiary/aromatic N) is 1. The van der Waals surface area contributed by atoms with Crippen molar-refractivity contribution in [2.24, 2.45) is 5.92 Å². The molecule has 1 atom stereocenters. The van der Waals surface area contributed by atoms with E-state index in [0.29, 0.717) is 6.54 Å². The van der Waals surface area contributed by atoms with E-state index in [-0.39, 0.29) is 18.2 Å². The molecule has 80 valence electrons. The summed E-state index contributed by atoms with van der Waals surface area (Å²) >= 11 is 0. The highest BCUT2D eigenvalue weighted by Crippen LogP contribution is 2.16. The van der Waals surface area contributed by atoms with Gasteiger partial charge in [0, 0.05) is 12.5 Å². The number of Topliss-reactive ketones (excluding diaryl/α,β-unsaturated/α-hetero) is 1. The molecule has 1 aliphatic rings. The fraction of sp³-hybridized carbons (Fsp3) is 0.800. The Labute approximate surface area is 84.2 Å². The van der Waals surface area contributed by atoms with Crippen molar-refractivity contribution in [1.29, 1.82) is 0 Å². The third-order valence-electron chi connectivity index (χ3n) is 2.04. The van der Waals surface area contributed by atoms with Gasteiger partial charge in [-0.25, -0.2) is 4.79 Å². The summed E-state index contributed by atoms with van der Waals surface area (Å²) in [5.41, 5.74) is -0.494. The number of likely N-dealkylation sites (tertiary alicyclic amines) is 1. The van der Waals surface area contributed by atoms with Gasteiger partial charge >= 0.3 is 6.09 Å². The van der Waals surface area contributed by atoms with E-state index in [1.807, 2.05) is 27.7 Å². The fourth-order valence-electron chi connectivity index (χ4n) is 1.31. The second-order valence-corrected chi connectivity index (χ2v) is 4.73. The number of amides is 1. The number of hydrogen-bond donors (Lipinski definition) is 0. The van der Waals surface area contributed by atoms with Crippen molar-refractivity contribution in [3.05, 3.63) is 0 Å². The summed E-state index contributed by atoms with van der Waals surface area (Å²) in [5, 5.41) is 0. The number of rotatable bonds is 0. The maximum Gasteiger partial charge on any atom is 0.410 e. The molecule has 0 aromatic heterocycles. The molecule has 4 heteroatoms. The number of hydrogen-bond acceptors (Lipinski definition) is 3. The first-order valence-corrected chi connectivity index (χ1v) is 4.80. The highest BCUT2D eigenvalue weighted by molar-refractivity contribution is 5.89. The molecule has 1 aliphatic heterocycles. The molecule has 0 aromatic rings. The van der Waals surface area contributed by atoms with E-state index in [4.69, 9.17) is 4.74 Å². The third-order valence-corrected chi connectivity index (χ3v) is 2.04. The monoisotopic (exact) mass is 199 g/mol. The summed E-state index contributed by atoms with van der Waals surface area (Å²) in [6.45, 7) is 7.93. The van der Waals surface area contributed by atoms with Gasteiger partial charge in [0.15, 0.2) is 5.78 Å². The normalized spacial score (nSPS) is 22.7. The van der Waals surface area contributed by atoms with Crippen LogP contribution in [0.2, 0.25) is 0 Å². The first-order chi connectivity index (χ1) is 6.29. The molecule has 1 amide bonds. The van der Waals surface area contributed by atoms with Gasteiger partial charge in [-0.05, 0) is 20.8 Å². The number of carbonyl (C=O) groups excluding carboxylic acids is 2. The first kappa shape index (κ1) is 11.0. The molecule has 1 rings (SSSR count). The number of ether oxygens (including phenoxy) is 1. The Balaban J connectivity index is 2.52. The van der Waals surface area contributed by atoms with Crippen molar-refractivity contribution in [1.82, 2.24) is 4.90 Å². The van der Waals surface area contributed by atoms with Crippen molar-refractivity contribution in [3.63, 3.8) is 0 Å². The van der Waals surface area contributed by atoms with Crippen molar-refractivity contribution in [2.75, 3.05) is 13.1 Å². The zero-order valence-corrected chi connectivity index (χ0v) is 9.16. The average molecular weight is 199 g/mol. The zero-order chi connectivity index (χ0) is 10.9. The van der Waals surface area contributed by atoms with Crippen LogP contribution in [0.5, 0.6) is 0 Å². The highest BCUT2D eigenvalue weighted by Gasteiger charge is 2.32.